The Bertz CT molecular complexity index is 1170. The highest BCUT2D eigenvalue weighted by Gasteiger charge is 2.31. The Morgan fingerprint density at radius 1 is 1.10 bits per heavy atom. The lowest BCUT2D eigenvalue weighted by molar-refractivity contribution is -0.140. The molecule has 2 aromatic carbocycles. The zero-order chi connectivity index (χ0) is 21.4. The van der Waals surface area contributed by atoms with Gasteiger partial charge in [-0.3, -0.25) is 4.79 Å². The quantitative estimate of drug-likeness (QED) is 0.536. The van der Waals surface area contributed by atoms with E-state index in [0.717, 1.165) is 16.1 Å². The van der Waals surface area contributed by atoms with Crippen molar-refractivity contribution in [1.82, 2.24) is 3.97 Å². The Morgan fingerprint density at radius 2 is 1.76 bits per heavy atom. The molecule has 0 aliphatic carbocycles. The first-order valence-electron chi connectivity index (χ1n) is 8.33. The van der Waals surface area contributed by atoms with Crippen LogP contribution in [-0.2, 0) is 32.2 Å². The van der Waals surface area contributed by atoms with E-state index >= 15 is 0 Å². The molecule has 3 aromatic rings. The molecule has 1 aromatic heterocycles. The number of ether oxygens (including phenoxy) is 1. The molecular formula is C19H15ClF3NO4S. The number of halogens is 4. The van der Waals surface area contributed by atoms with Crippen LogP contribution in [0.15, 0.2) is 53.4 Å². The third kappa shape index (κ3) is 4.25. The van der Waals surface area contributed by atoms with E-state index in [1.165, 1.54) is 19.2 Å². The number of alkyl halides is 3. The monoisotopic (exact) mass is 445 g/mol. The van der Waals surface area contributed by atoms with Crippen LogP contribution >= 0.6 is 11.6 Å². The van der Waals surface area contributed by atoms with E-state index in [4.69, 9.17) is 11.6 Å². The molecule has 1 heterocycles. The van der Waals surface area contributed by atoms with E-state index in [9.17, 15) is 26.4 Å². The number of methoxy groups -OCH3 is 1. The lowest BCUT2D eigenvalue weighted by atomic mass is 10.2. The van der Waals surface area contributed by atoms with Crippen LogP contribution in [-0.4, -0.2) is 25.5 Å². The van der Waals surface area contributed by atoms with Crippen LogP contribution in [0.3, 0.4) is 0 Å². The van der Waals surface area contributed by atoms with E-state index in [1.54, 1.807) is 12.1 Å². The van der Waals surface area contributed by atoms with Crippen molar-refractivity contribution in [2.75, 3.05) is 7.11 Å². The summed E-state index contributed by atoms with van der Waals surface area (Å²) in [6, 6.07) is 9.39. The molecule has 5 nitrogen and oxygen atoms in total. The van der Waals surface area contributed by atoms with E-state index in [2.05, 4.69) is 4.74 Å². The summed E-state index contributed by atoms with van der Waals surface area (Å²) in [6.45, 7) is 0. The summed E-state index contributed by atoms with van der Waals surface area (Å²) in [5, 5.41) is 0.911. The fraction of sp³-hybridized carbons (Fsp3) is 0.211. The third-order valence-electron chi connectivity index (χ3n) is 4.32. The summed E-state index contributed by atoms with van der Waals surface area (Å²) in [5.74, 6) is -0.522. The predicted octanol–water partition coefficient (Wildman–Crippen LogP) is 4.66. The molecule has 0 unspecified atom stereocenters. The van der Waals surface area contributed by atoms with Gasteiger partial charge in [-0.25, -0.2) is 12.4 Å². The van der Waals surface area contributed by atoms with Crippen molar-refractivity contribution in [3.05, 3.63) is 64.8 Å². The Balaban J connectivity index is 2.14. The molecule has 10 heteroatoms. The van der Waals surface area contributed by atoms with E-state index in [-0.39, 0.29) is 23.4 Å². The number of carbonyl (C=O) groups excluding carboxylic acids is 1. The van der Waals surface area contributed by atoms with E-state index in [1.807, 2.05) is 0 Å². The number of carbonyl (C=O) groups is 1. The van der Waals surface area contributed by atoms with Crippen molar-refractivity contribution in [3.63, 3.8) is 0 Å². The Morgan fingerprint density at radius 3 is 2.34 bits per heavy atom. The molecule has 0 amide bonds. The fourth-order valence-electron chi connectivity index (χ4n) is 2.93. The van der Waals surface area contributed by atoms with Crippen LogP contribution in [0.1, 0.15) is 17.7 Å². The Hall–Kier alpha value is -2.52. The van der Waals surface area contributed by atoms with Crippen molar-refractivity contribution >= 4 is 38.5 Å². The molecule has 154 valence electrons. The van der Waals surface area contributed by atoms with Crippen molar-refractivity contribution in [2.24, 2.45) is 0 Å². The van der Waals surface area contributed by atoms with Crippen LogP contribution < -0.4 is 0 Å². The zero-order valence-corrected chi connectivity index (χ0v) is 16.6. The normalized spacial score (nSPS) is 12.3. The minimum atomic E-state index is -4.58. The second kappa shape index (κ2) is 7.72. The van der Waals surface area contributed by atoms with E-state index < -0.39 is 27.7 Å². The summed E-state index contributed by atoms with van der Waals surface area (Å²) in [7, 11) is -3.01. The Kier molecular flexibility index (Phi) is 5.64. The standard InChI is InChI=1S/C19H15ClF3NO4S/c1-28-18(25)9-5-15-11-12-10-14(20)4-8-17(12)24(15)29(26,27)16-6-2-13(3-7-16)19(21,22)23/h2-4,6-8,10-11H,5,9H2,1H3. The molecule has 0 saturated heterocycles. The van der Waals surface area contributed by atoms with Crippen molar-refractivity contribution in [3.8, 4) is 0 Å². The maximum absolute atomic E-state index is 13.2. The van der Waals surface area contributed by atoms with Gasteiger partial charge in [-0.15, -0.1) is 0 Å². The van der Waals surface area contributed by atoms with E-state index in [0.29, 0.717) is 28.1 Å². The molecule has 0 N–H and O–H groups in total. The minimum Gasteiger partial charge on any atom is -0.469 e. The first-order valence-corrected chi connectivity index (χ1v) is 10.2. The smallest absolute Gasteiger partial charge is 0.416 e. The van der Waals surface area contributed by atoms with Crippen LogP contribution in [0.2, 0.25) is 5.02 Å². The SMILES string of the molecule is COC(=O)CCc1cc2cc(Cl)ccc2n1S(=O)(=O)c1ccc(C(F)(F)F)cc1. The van der Waals surface area contributed by atoms with Crippen LogP contribution in [0.25, 0.3) is 10.9 Å². The molecular weight excluding hydrogens is 431 g/mol. The maximum atomic E-state index is 13.2. The lowest BCUT2D eigenvalue weighted by Crippen LogP contribution is -2.17. The largest absolute Gasteiger partial charge is 0.469 e. The fourth-order valence-corrected chi connectivity index (χ4v) is 4.68. The number of hydrogen-bond donors (Lipinski definition) is 0. The summed E-state index contributed by atoms with van der Waals surface area (Å²) in [6.07, 6.45) is -4.59. The van der Waals surface area contributed by atoms with Gasteiger partial charge in [0.05, 0.1) is 29.5 Å². The van der Waals surface area contributed by atoms with Gasteiger partial charge < -0.3 is 4.74 Å². The number of nitrogens with zero attached hydrogens (tertiary/aromatic N) is 1. The molecule has 0 aliphatic heterocycles. The molecule has 0 radical (unpaired) electrons. The molecule has 0 fully saturated rings. The number of aromatic nitrogens is 1. The number of rotatable bonds is 5. The maximum Gasteiger partial charge on any atom is 0.416 e. The lowest BCUT2D eigenvalue weighted by Gasteiger charge is -2.13. The molecule has 29 heavy (non-hydrogen) atoms. The van der Waals surface area contributed by atoms with Gasteiger partial charge in [0.25, 0.3) is 10.0 Å². The second-order valence-electron chi connectivity index (χ2n) is 6.21. The molecule has 0 bridgehead atoms. The summed E-state index contributed by atoms with van der Waals surface area (Å²) >= 11 is 5.98. The number of hydrogen-bond acceptors (Lipinski definition) is 4. The summed E-state index contributed by atoms with van der Waals surface area (Å²) in [4.78, 5) is 11.2. The molecule has 0 aliphatic rings. The van der Waals surface area contributed by atoms with Gasteiger partial charge in [0.15, 0.2) is 0 Å². The highest BCUT2D eigenvalue weighted by atomic mass is 35.5. The number of aryl methyl sites for hydroxylation is 1. The van der Waals surface area contributed by atoms with Gasteiger partial charge in [0.2, 0.25) is 0 Å². The van der Waals surface area contributed by atoms with Gasteiger partial charge in [-0.05, 0) is 55.0 Å². The highest BCUT2D eigenvalue weighted by Crippen LogP contribution is 2.32. The number of benzene rings is 2. The van der Waals surface area contributed by atoms with Crippen molar-refractivity contribution in [1.29, 1.82) is 0 Å². The van der Waals surface area contributed by atoms with Gasteiger partial charge >= 0.3 is 12.1 Å². The molecule has 0 spiro atoms. The van der Waals surface area contributed by atoms with Gasteiger partial charge in [0.1, 0.15) is 0 Å². The van der Waals surface area contributed by atoms with Gasteiger partial charge in [-0.2, -0.15) is 13.2 Å². The van der Waals surface area contributed by atoms with Crippen LogP contribution in [0.5, 0.6) is 0 Å². The first-order chi connectivity index (χ1) is 13.5. The topological polar surface area (TPSA) is 65.4 Å². The zero-order valence-electron chi connectivity index (χ0n) is 15.0. The van der Waals surface area contributed by atoms with Gasteiger partial charge in [-0.1, -0.05) is 11.6 Å². The predicted molar refractivity (Wildman–Crippen MR) is 101 cm³/mol. The van der Waals surface area contributed by atoms with Crippen LogP contribution in [0, 0.1) is 0 Å². The average Bonchev–Trinajstić information content (AvgIpc) is 3.03. The second-order valence-corrected chi connectivity index (χ2v) is 8.43. The number of esters is 1. The molecule has 0 atom stereocenters. The minimum absolute atomic E-state index is 0.0544. The van der Waals surface area contributed by atoms with Crippen molar-refractivity contribution < 1.29 is 31.1 Å². The highest BCUT2D eigenvalue weighted by molar-refractivity contribution is 7.90. The molecule has 3 rings (SSSR count). The number of fused-ring (bicyclic) bond motifs is 1. The van der Waals surface area contributed by atoms with Crippen LogP contribution in [0.4, 0.5) is 13.2 Å². The summed E-state index contributed by atoms with van der Waals surface area (Å²) < 4.78 is 70.5. The third-order valence-corrected chi connectivity index (χ3v) is 6.34. The Labute approximate surface area is 169 Å². The van der Waals surface area contributed by atoms with Gasteiger partial charge in [0, 0.05) is 16.1 Å². The van der Waals surface area contributed by atoms with Crippen molar-refractivity contribution in [2.45, 2.75) is 23.9 Å². The first kappa shape index (κ1) is 21.2. The molecule has 0 saturated carbocycles. The average molecular weight is 446 g/mol. The summed E-state index contributed by atoms with van der Waals surface area (Å²) in [5.41, 5.74) is -0.367.